The van der Waals surface area contributed by atoms with Crippen LogP contribution in [0.15, 0.2) is 18.5 Å². The second-order valence-electron chi connectivity index (χ2n) is 2.23. The van der Waals surface area contributed by atoms with E-state index in [0.717, 1.165) is 12.8 Å². The standard InChI is InChI=1S/C8H12N2O.ClH/c1-2-3-7-11-8-9-5-4-6-10-8;/h4-6H,2-3,7H2,1H3;1H. The van der Waals surface area contributed by atoms with E-state index in [1.807, 2.05) is 0 Å². The monoisotopic (exact) mass is 188 g/mol. The minimum atomic E-state index is 0. The van der Waals surface area contributed by atoms with E-state index in [-0.39, 0.29) is 12.4 Å². The lowest BCUT2D eigenvalue weighted by molar-refractivity contribution is 0.285. The Bertz CT molecular complexity index is 194. The molecule has 0 saturated carbocycles. The molecule has 0 unspecified atom stereocenters. The molecule has 1 heterocycles. The molecule has 0 bridgehead atoms. The van der Waals surface area contributed by atoms with Gasteiger partial charge in [0.1, 0.15) is 0 Å². The summed E-state index contributed by atoms with van der Waals surface area (Å²) in [7, 11) is 0. The highest BCUT2D eigenvalue weighted by molar-refractivity contribution is 5.85. The lowest BCUT2D eigenvalue weighted by Gasteiger charge is -2.00. The Morgan fingerprint density at radius 3 is 2.58 bits per heavy atom. The van der Waals surface area contributed by atoms with Crippen molar-refractivity contribution in [3.05, 3.63) is 18.5 Å². The van der Waals surface area contributed by atoms with Crippen molar-refractivity contribution in [2.24, 2.45) is 0 Å². The summed E-state index contributed by atoms with van der Waals surface area (Å²) < 4.78 is 5.22. The predicted molar refractivity (Wildman–Crippen MR) is 49.7 cm³/mol. The first-order chi connectivity index (χ1) is 5.43. The van der Waals surface area contributed by atoms with E-state index < -0.39 is 0 Å². The molecule has 0 amide bonds. The van der Waals surface area contributed by atoms with Gasteiger partial charge in [0, 0.05) is 12.4 Å². The highest BCUT2D eigenvalue weighted by Gasteiger charge is 1.91. The lowest BCUT2D eigenvalue weighted by Crippen LogP contribution is -1.99. The van der Waals surface area contributed by atoms with E-state index in [1.54, 1.807) is 18.5 Å². The zero-order chi connectivity index (χ0) is 7.94. The van der Waals surface area contributed by atoms with E-state index >= 15 is 0 Å². The second-order valence-corrected chi connectivity index (χ2v) is 2.23. The van der Waals surface area contributed by atoms with Crippen molar-refractivity contribution in [3.8, 4) is 6.01 Å². The highest BCUT2D eigenvalue weighted by Crippen LogP contribution is 1.98. The first kappa shape index (κ1) is 11.2. The van der Waals surface area contributed by atoms with Crippen molar-refractivity contribution in [2.45, 2.75) is 19.8 Å². The maximum absolute atomic E-state index is 5.22. The van der Waals surface area contributed by atoms with Gasteiger partial charge in [-0.1, -0.05) is 13.3 Å². The molecule has 0 aromatic carbocycles. The number of unbranched alkanes of at least 4 members (excludes halogenated alkanes) is 1. The van der Waals surface area contributed by atoms with Gasteiger partial charge in [-0.05, 0) is 12.5 Å². The average molecular weight is 189 g/mol. The Balaban J connectivity index is 0.00000121. The largest absolute Gasteiger partial charge is 0.463 e. The van der Waals surface area contributed by atoms with Crippen LogP contribution in [0.4, 0.5) is 0 Å². The first-order valence-electron chi connectivity index (χ1n) is 3.83. The summed E-state index contributed by atoms with van der Waals surface area (Å²) in [6.07, 6.45) is 5.54. The van der Waals surface area contributed by atoms with Gasteiger partial charge in [0.2, 0.25) is 0 Å². The molecule has 0 radical (unpaired) electrons. The molecule has 1 aromatic rings. The molecule has 0 atom stereocenters. The third-order valence-corrected chi connectivity index (χ3v) is 1.27. The van der Waals surface area contributed by atoms with Crippen LogP contribution in [0.2, 0.25) is 0 Å². The van der Waals surface area contributed by atoms with Crippen molar-refractivity contribution in [1.29, 1.82) is 0 Å². The van der Waals surface area contributed by atoms with Gasteiger partial charge >= 0.3 is 6.01 Å². The zero-order valence-corrected chi connectivity index (χ0v) is 7.88. The molecule has 0 aliphatic carbocycles. The van der Waals surface area contributed by atoms with E-state index in [2.05, 4.69) is 16.9 Å². The quantitative estimate of drug-likeness (QED) is 0.679. The number of rotatable bonds is 4. The molecule has 0 aliphatic rings. The Labute approximate surface area is 78.6 Å². The maximum Gasteiger partial charge on any atom is 0.316 e. The smallest absolute Gasteiger partial charge is 0.316 e. The Kier molecular flexibility index (Phi) is 6.38. The number of hydrogen-bond donors (Lipinski definition) is 0. The molecule has 0 spiro atoms. The van der Waals surface area contributed by atoms with Crippen LogP contribution in [-0.4, -0.2) is 16.6 Å². The van der Waals surface area contributed by atoms with Gasteiger partial charge in [-0.2, -0.15) is 0 Å². The van der Waals surface area contributed by atoms with Crippen LogP contribution in [0, 0.1) is 0 Å². The molecule has 0 aliphatic heterocycles. The number of nitrogens with zero attached hydrogens (tertiary/aromatic N) is 2. The van der Waals surface area contributed by atoms with Crippen molar-refractivity contribution in [2.75, 3.05) is 6.61 Å². The van der Waals surface area contributed by atoms with E-state index in [1.165, 1.54) is 0 Å². The van der Waals surface area contributed by atoms with Gasteiger partial charge in [-0.25, -0.2) is 9.97 Å². The van der Waals surface area contributed by atoms with Crippen LogP contribution in [0.3, 0.4) is 0 Å². The lowest BCUT2D eigenvalue weighted by atomic mass is 10.4. The van der Waals surface area contributed by atoms with Crippen molar-refractivity contribution >= 4 is 12.4 Å². The summed E-state index contributed by atoms with van der Waals surface area (Å²) in [5, 5.41) is 0. The molecule has 12 heavy (non-hydrogen) atoms. The molecular weight excluding hydrogens is 176 g/mol. The number of ether oxygens (including phenoxy) is 1. The summed E-state index contributed by atoms with van der Waals surface area (Å²) in [5.74, 6) is 0. The fourth-order valence-electron chi connectivity index (χ4n) is 0.668. The van der Waals surface area contributed by atoms with Gasteiger partial charge in [0.25, 0.3) is 0 Å². The van der Waals surface area contributed by atoms with Gasteiger partial charge in [0.15, 0.2) is 0 Å². The summed E-state index contributed by atoms with van der Waals surface area (Å²) in [6.45, 7) is 2.83. The Morgan fingerprint density at radius 1 is 1.33 bits per heavy atom. The van der Waals surface area contributed by atoms with Gasteiger partial charge in [0.05, 0.1) is 6.61 Å². The molecule has 0 fully saturated rings. The summed E-state index contributed by atoms with van der Waals surface area (Å²) in [6, 6.07) is 2.24. The van der Waals surface area contributed by atoms with Gasteiger partial charge < -0.3 is 4.74 Å². The third kappa shape index (κ3) is 4.13. The normalized spacial score (nSPS) is 8.75. The second kappa shape index (κ2) is 6.85. The van der Waals surface area contributed by atoms with E-state index in [0.29, 0.717) is 12.6 Å². The van der Waals surface area contributed by atoms with Crippen molar-refractivity contribution < 1.29 is 4.74 Å². The fourth-order valence-corrected chi connectivity index (χ4v) is 0.668. The van der Waals surface area contributed by atoms with Crippen LogP contribution < -0.4 is 4.74 Å². The first-order valence-corrected chi connectivity index (χ1v) is 3.83. The maximum atomic E-state index is 5.22. The van der Waals surface area contributed by atoms with Crippen molar-refractivity contribution in [1.82, 2.24) is 9.97 Å². The minimum Gasteiger partial charge on any atom is -0.463 e. The molecule has 1 rings (SSSR count). The number of halogens is 1. The molecule has 68 valence electrons. The summed E-state index contributed by atoms with van der Waals surface area (Å²) in [5.41, 5.74) is 0. The molecule has 1 aromatic heterocycles. The molecule has 4 heteroatoms. The Hall–Kier alpha value is -0.830. The molecule has 3 nitrogen and oxygen atoms in total. The van der Waals surface area contributed by atoms with Crippen LogP contribution in [0.5, 0.6) is 6.01 Å². The van der Waals surface area contributed by atoms with E-state index in [4.69, 9.17) is 4.74 Å². The van der Waals surface area contributed by atoms with Gasteiger partial charge in [-0.3, -0.25) is 0 Å². The van der Waals surface area contributed by atoms with Crippen LogP contribution >= 0.6 is 12.4 Å². The number of aromatic nitrogens is 2. The third-order valence-electron chi connectivity index (χ3n) is 1.27. The molecule has 0 saturated heterocycles. The molecule has 0 N–H and O–H groups in total. The highest BCUT2D eigenvalue weighted by atomic mass is 35.5. The zero-order valence-electron chi connectivity index (χ0n) is 7.06. The average Bonchev–Trinajstić information content (AvgIpc) is 2.07. The van der Waals surface area contributed by atoms with Crippen molar-refractivity contribution in [3.63, 3.8) is 0 Å². The summed E-state index contributed by atoms with van der Waals surface area (Å²) >= 11 is 0. The summed E-state index contributed by atoms with van der Waals surface area (Å²) in [4.78, 5) is 7.83. The minimum absolute atomic E-state index is 0. The molecular formula is C8H13ClN2O. The van der Waals surface area contributed by atoms with Crippen LogP contribution in [-0.2, 0) is 0 Å². The fraction of sp³-hybridized carbons (Fsp3) is 0.500. The van der Waals surface area contributed by atoms with Crippen LogP contribution in [0.25, 0.3) is 0 Å². The predicted octanol–water partition coefficient (Wildman–Crippen LogP) is 2.08. The van der Waals surface area contributed by atoms with E-state index in [9.17, 15) is 0 Å². The Morgan fingerprint density at radius 2 is 2.00 bits per heavy atom. The van der Waals surface area contributed by atoms with Crippen LogP contribution in [0.1, 0.15) is 19.8 Å². The topological polar surface area (TPSA) is 35.0 Å². The SMILES string of the molecule is CCCCOc1ncccn1.Cl. The number of hydrogen-bond acceptors (Lipinski definition) is 3. The van der Waals surface area contributed by atoms with Gasteiger partial charge in [-0.15, -0.1) is 12.4 Å².